The second kappa shape index (κ2) is 14.8. The average Bonchev–Trinajstić information content (AvgIpc) is 3.63. The number of nitrogens with zero attached hydrogens (tertiary/aromatic N) is 6. The van der Waals surface area contributed by atoms with Crippen molar-refractivity contribution in [3.8, 4) is 28.3 Å². The first kappa shape index (κ1) is 34.7. The maximum absolute atomic E-state index is 13.7. The maximum atomic E-state index is 13.7. The molecule has 0 spiro atoms. The van der Waals surface area contributed by atoms with E-state index in [2.05, 4.69) is 25.2 Å². The Hall–Kier alpha value is -5.14. The molecule has 0 aliphatic heterocycles. The summed E-state index contributed by atoms with van der Waals surface area (Å²) in [5.74, 6) is -0.510. The van der Waals surface area contributed by atoms with Gasteiger partial charge in [-0.2, -0.15) is 0 Å². The highest BCUT2D eigenvalue weighted by molar-refractivity contribution is 6.36. The van der Waals surface area contributed by atoms with Gasteiger partial charge in [0.15, 0.2) is 17.9 Å². The number of nitrogens with one attached hydrogen (secondary N) is 1. The van der Waals surface area contributed by atoms with E-state index >= 15 is 0 Å². The fraction of sp³-hybridized carbons (Fsp3) is 0.306. The summed E-state index contributed by atoms with van der Waals surface area (Å²) >= 11 is 7.06. The molecule has 1 aliphatic rings. The van der Waals surface area contributed by atoms with Crippen molar-refractivity contribution >= 4 is 46.4 Å². The number of hydrogen-bond donors (Lipinski definition) is 1. The lowest BCUT2D eigenvalue weighted by Crippen LogP contribution is -2.30. The first-order valence-electron chi connectivity index (χ1n) is 15.9. The molecular formula is C36H34ClF2N7O4. The number of alkyl halides is 2. The minimum Gasteiger partial charge on any atom is -0.480 e. The predicted octanol–water partition coefficient (Wildman–Crippen LogP) is 7.39. The van der Waals surface area contributed by atoms with Crippen molar-refractivity contribution in [2.75, 3.05) is 26.6 Å². The van der Waals surface area contributed by atoms with Crippen LogP contribution in [0.25, 0.3) is 33.4 Å². The minimum atomic E-state index is -2.93. The lowest BCUT2D eigenvalue weighted by atomic mass is 9.96. The third-order valence-electron chi connectivity index (χ3n) is 9.02. The molecule has 1 saturated carbocycles. The van der Waals surface area contributed by atoms with Crippen LogP contribution in [-0.2, 0) is 16.1 Å². The molecule has 0 saturated heterocycles. The number of fused-ring (bicyclic) bond motifs is 1. The molecular weight excluding hydrogens is 668 g/mol. The number of anilines is 2. The standard InChI is InChI=1S/C36H34ClF2N7O4/c1-19-23(7-6-10-26(19)42-33-31-27(13-20(18-47)15-41-31)43-34(45-33)32(38)39)24-8-5-9-25(30(24)37)28-16-40-29(35(44-28)49-3)17-46(2)22-12-11-21(14-22)36(48)50-4/h5-10,13,15-16,18,21-22,32H,11-12,14,17H2,1-4H3,(H,42,43,45)/t21-,22-/m0/s1. The number of carbonyl (C=O) groups excluding carboxylic acids is 2. The largest absolute Gasteiger partial charge is 0.480 e. The Labute approximate surface area is 292 Å². The summed E-state index contributed by atoms with van der Waals surface area (Å²) in [6.45, 7) is 2.36. The van der Waals surface area contributed by atoms with Gasteiger partial charge in [-0.05, 0) is 56.5 Å². The number of esters is 1. The molecule has 3 heterocycles. The van der Waals surface area contributed by atoms with Crippen LogP contribution < -0.4 is 10.1 Å². The van der Waals surface area contributed by atoms with Crippen LogP contribution in [0.5, 0.6) is 5.88 Å². The molecule has 0 unspecified atom stereocenters. The van der Waals surface area contributed by atoms with Crippen LogP contribution in [0, 0.1) is 12.8 Å². The maximum Gasteiger partial charge on any atom is 0.308 e. The van der Waals surface area contributed by atoms with Gasteiger partial charge in [0, 0.05) is 41.2 Å². The molecule has 0 radical (unpaired) electrons. The smallest absolute Gasteiger partial charge is 0.308 e. The molecule has 0 amide bonds. The molecule has 258 valence electrons. The molecule has 14 heteroatoms. The van der Waals surface area contributed by atoms with Gasteiger partial charge < -0.3 is 14.8 Å². The molecule has 2 atom stereocenters. The molecule has 11 nitrogen and oxygen atoms in total. The van der Waals surface area contributed by atoms with Crippen molar-refractivity contribution in [1.82, 2.24) is 29.8 Å². The Morgan fingerprint density at radius 2 is 1.82 bits per heavy atom. The number of benzene rings is 2. The van der Waals surface area contributed by atoms with Crippen molar-refractivity contribution in [2.24, 2.45) is 5.92 Å². The first-order chi connectivity index (χ1) is 24.1. The summed E-state index contributed by atoms with van der Waals surface area (Å²) in [4.78, 5) is 47.1. The van der Waals surface area contributed by atoms with E-state index in [0.29, 0.717) is 51.9 Å². The highest BCUT2D eigenvalue weighted by atomic mass is 35.5. The lowest BCUT2D eigenvalue weighted by molar-refractivity contribution is -0.145. The molecule has 1 N–H and O–H groups in total. The van der Waals surface area contributed by atoms with Crippen LogP contribution in [0.3, 0.4) is 0 Å². The fourth-order valence-electron chi connectivity index (χ4n) is 6.33. The van der Waals surface area contributed by atoms with E-state index in [1.165, 1.54) is 19.4 Å². The van der Waals surface area contributed by atoms with E-state index in [1.54, 1.807) is 19.4 Å². The Balaban J connectivity index is 1.29. The summed E-state index contributed by atoms with van der Waals surface area (Å²) in [5.41, 5.74) is 5.23. The van der Waals surface area contributed by atoms with Gasteiger partial charge >= 0.3 is 5.97 Å². The van der Waals surface area contributed by atoms with Crippen molar-refractivity contribution in [2.45, 2.75) is 45.2 Å². The van der Waals surface area contributed by atoms with Gasteiger partial charge in [-0.3, -0.25) is 19.5 Å². The topological polar surface area (TPSA) is 132 Å². The molecule has 1 aliphatic carbocycles. The minimum absolute atomic E-state index is 0.0761. The van der Waals surface area contributed by atoms with Crippen LogP contribution >= 0.6 is 11.6 Å². The predicted molar refractivity (Wildman–Crippen MR) is 185 cm³/mol. The molecule has 5 aromatic rings. The average molecular weight is 702 g/mol. The van der Waals surface area contributed by atoms with Crippen molar-refractivity contribution in [1.29, 1.82) is 0 Å². The zero-order valence-electron chi connectivity index (χ0n) is 27.8. The third kappa shape index (κ3) is 6.96. The summed E-state index contributed by atoms with van der Waals surface area (Å²) in [5, 5.41) is 3.58. The van der Waals surface area contributed by atoms with E-state index in [9.17, 15) is 18.4 Å². The number of methoxy groups -OCH3 is 2. The van der Waals surface area contributed by atoms with E-state index in [4.69, 9.17) is 31.0 Å². The Morgan fingerprint density at radius 3 is 2.56 bits per heavy atom. The fourth-order valence-corrected chi connectivity index (χ4v) is 6.66. The van der Waals surface area contributed by atoms with Gasteiger partial charge in [0.05, 0.1) is 42.6 Å². The third-order valence-corrected chi connectivity index (χ3v) is 9.43. The zero-order valence-corrected chi connectivity index (χ0v) is 28.5. The van der Waals surface area contributed by atoms with Gasteiger partial charge in [0.1, 0.15) is 11.2 Å². The molecule has 6 rings (SSSR count). The number of halogens is 3. The van der Waals surface area contributed by atoms with Crippen LogP contribution in [-0.4, -0.2) is 69.4 Å². The second-order valence-electron chi connectivity index (χ2n) is 12.1. The molecule has 2 aromatic carbocycles. The number of rotatable bonds is 11. The van der Waals surface area contributed by atoms with Gasteiger partial charge in [0.25, 0.3) is 6.43 Å². The normalized spacial score (nSPS) is 15.9. The number of aldehydes is 1. The lowest BCUT2D eigenvalue weighted by Gasteiger charge is -2.24. The molecule has 0 bridgehead atoms. The van der Waals surface area contributed by atoms with Gasteiger partial charge in [-0.1, -0.05) is 41.9 Å². The number of aromatic nitrogens is 5. The SMILES string of the molecule is COC(=O)[C@H]1CC[C@H](N(C)Cc2ncc(-c3cccc(-c4cccc(Nc5nc(C(F)F)nc6cc(C=O)cnc56)c4C)c3Cl)nc2OC)C1. The van der Waals surface area contributed by atoms with E-state index in [-0.39, 0.29) is 40.3 Å². The Morgan fingerprint density at radius 1 is 1.06 bits per heavy atom. The van der Waals surface area contributed by atoms with Crippen molar-refractivity contribution < 1.29 is 27.8 Å². The zero-order chi connectivity index (χ0) is 35.5. The van der Waals surface area contributed by atoms with E-state index < -0.39 is 12.2 Å². The molecule has 50 heavy (non-hydrogen) atoms. The highest BCUT2D eigenvalue weighted by Crippen LogP contribution is 2.40. The summed E-state index contributed by atoms with van der Waals surface area (Å²) in [7, 11) is 4.96. The van der Waals surface area contributed by atoms with Crippen molar-refractivity contribution in [3.05, 3.63) is 82.5 Å². The van der Waals surface area contributed by atoms with Gasteiger partial charge in [0.2, 0.25) is 5.88 Å². The molecule has 3 aromatic heterocycles. The van der Waals surface area contributed by atoms with Gasteiger partial charge in [-0.25, -0.2) is 28.7 Å². The monoisotopic (exact) mass is 701 g/mol. The van der Waals surface area contributed by atoms with Crippen LogP contribution in [0.4, 0.5) is 20.3 Å². The quantitative estimate of drug-likeness (QED) is 0.109. The van der Waals surface area contributed by atoms with Crippen molar-refractivity contribution in [3.63, 3.8) is 0 Å². The Bertz CT molecular complexity index is 2080. The van der Waals surface area contributed by atoms with Crippen LogP contribution in [0.15, 0.2) is 54.9 Å². The first-order valence-corrected chi connectivity index (χ1v) is 16.2. The number of ether oxygens (including phenoxy) is 2. The molecule has 1 fully saturated rings. The van der Waals surface area contributed by atoms with Crippen LogP contribution in [0.1, 0.15) is 53.1 Å². The number of pyridine rings is 1. The van der Waals surface area contributed by atoms with E-state index in [1.807, 2.05) is 44.3 Å². The van der Waals surface area contributed by atoms with Gasteiger partial charge in [-0.15, -0.1) is 0 Å². The number of hydrogen-bond acceptors (Lipinski definition) is 11. The summed E-state index contributed by atoms with van der Waals surface area (Å²) in [6, 6.07) is 12.7. The highest BCUT2D eigenvalue weighted by Gasteiger charge is 2.33. The second-order valence-corrected chi connectivity index (χ2v) is 12.4. The number of carbonyl (C=O) groups is 2. The summed E-state index contributed by atoms with van der Waals surface area (Å²) < 4.78 is 38.0. The van der Waals surface area contributed by atoms with Crippen LogP contribution in [0.2, 0.25) is 5.02 Å². The Kier molecular flexibility index (Phi) is 10.3. The summed E-state index contributed by atoms with van der Waals surface area (Å²) in [6.07, 6.45) is 3.03. The van der Waals surface area contributed by atoms with E-state index in [0.717, 1.165) is 30.4 Å².